The smallest absolute Gasteiger partial charge is 0.337 e. The van der Waals surface area contributed by atoms with E-state index in [1.807, 2.05) is 22.6 Å². The fourth-order valence-corrected chi connectivity index (χ4v) is 3.09. The fourth-order valence-electron chi connectivity index (χ4n) is 2.37. The summed E-state index contributed by atoms with van der Waals surface area (Å²) >= 11 is 2.03. The van der Waals surface area contributed by atoms with Crippen molar-refractivity contribution >= 4 is 39.6 Å². The number of para-hydroxylation sites is 1. The number of nitrogens with zero attached hydrogens (tertiary/aromatic N) is 2. The number of carboxylic acid groups (broad SMARTS) is 1. The van der Waals surface area contributed by atoms with E-state index in [0.29, 0.717) is 26.1 Å². The Morgan fingerprint density at radius 1 is 1.33 bits per heavy atom. The lowest BCUT2D eigenvalue weighted by Gasteiger charge is -2.11. The van der Waals surface area contributed by atoms with Crippen molar-refractivity contribution in [1.82, 2.24) is 9.55 Å². The number of hydrogen-bond donors (Lipinski definition) is 1. The lowest BCUT2D eigenvalue weighted by atomic mass is 10.1. The van der Waals surface area contributed by atoms with Crippen LogP contribution in [-0.2, 0) is 0 Å². The fraction of sp³-hybridized carbons (Fsp3) is 0.0667. The Hall–Kier alpha value is -1.96. The molecule has 0 aliphatic carbocycles. The molecule has 0 unspecified atom stereocenters. The molecule has 1 N–H and O–H groups in total. The van der Waals surface area contributed by atoms with Crippen LogP contribution in [0.1, 0.15) is 16.2 Å². The molecule has 0 bridgehead atoms. The van der Waals surface area contributed by atoms with Gasteiger partial charge >= 0.3 is 5.97 Å². The first-order chi connectivity index (χ1) is 9.99. The van der Waals surface area contributed by atoms with Gasteiger partial charge in [-0.25, -0.2) is 14.2 Å². The molecule has 106 valence electrons. The van der Waals surface area contributed by atoms with Crippen LogP contribution >= 0.6 is 22.6 Å². The van der Waals surface area contributed by atoms with Crippen LogP contribution in [0.5, 0.6) is 0 Å². The topological polar surface area (TPSA) is 55.1 Å². The van der Waals surface area contributed by atoms with E-state index in [2.05, 4.69) is 4.98 Å². The van der Waals surface area contributed by atoms with E-state index < -0.39 is 5.97 Å². The zero-order valence-electron chi connectivity index (χ0n) is 11.0. The van der Waals surface area contributed by atoms with Crippen LogP contribution in [-0.4, -0.2) is 20.6 Å². The Balaban J connectivity index is 2.41. The Labute approximate surface area is 133 Å². The summed E-state index contributed by atoms with van der Waals surface area (Å²) in [6.45, 7) is 1.80. The van der Waals surface area contributed by atoms with Gasteiger partial charge in [0, 0.05) is 3.57 Å². The molecule has 1 heterocycles. The minimum Gasteiger partial charge on any atom is -0.478 e. The molecule has 21 heavy (non-hydrogen) atoms. The summed E-state index contributed by atoms with van der Waals surface area (Å²) in [6.07, 6.45) is 0. The summed E-state index contributed by atoms with van der Waals surface area (Å²) in [4.78, 5) is 15.8. The second kappa shape index (κ2) is 5.10. The van der Waals surface area contributed by atoms with Gasteiger partial charge in [-0.1, -0.05) is 6.07 Å². The standard InChI is InChI=1S/C15H10FIN2O2/c1-8-18-12-4-2-3-10(15(20)21)14(12)19(8)13-6-5-9(16)7-11(13)17/h2-7H,1H3,(H,20,21). The number of aromatic carboxylic acids is 1. The van der Waals surface area contributed by atoms with E-state index in [1.165, 1.54) is 12.1 Å². The maximum atomic E-state index is 13.3. The number of rotatable bonds is 2. The van der Waals surface area contributed by atoms with Crippen LogP contribution < -0.4 is 0 Å². The first-order valence-corrected chi connectivity index (χ1v) is 7.23. The largest absolute Gasteiger partial charge is 0.478 e. The SMILES string of the molecule is Cc1nc2cccc(C(=O)O)c2n1-c1ccc(F)cc1I. The maximum absolute atomic E-state index is 13.3. The molecular formula is C15H10FIN2O2. The average molecular weight is 396 g/mol. The highest BCUT2D eigenvalue weighted by molar-refractivity contribution is 14.1. The molecule has 0 fully saturated rings. The molecule has 4 nitrogen and oxygen atoms in total. The predicted octanol–water partition coefficient (Wildman–Crippen LogP) is 3.78. The van der Waals surface area contributed by atoms with Crippen LogP contribution in [0.2, 0.25) is 0 Å². The highest BCUT2D eigenvalue weighted by Gasteiger charge is 2.18. The molecule has 3 rings (SSSR count). The molecule has 0 saturated heterocycles. The van der Waals surface area contributed by atoms with Gasteiger partial charge in [-0.2, -0.15) is 0 Å². The van der Waals surface area contributed by atoms with Crippen LogP contribution in [0.3, 0.4) is 0 Å². The summed E-state index contributed by atoms with van der Waals surface area (Å²) in [7, 11) is 0. The summed E-state index contributed by atoms with van der Waals surface area (Å²) in [5.41, 5.74) is 2.01. The van der Waals surface area contributed by atoms with Gasteiger partial charge in [-0.05, 0) is 59.8 Å². The molecule has 1 aromatic heterocycles. The van der Waals surface area contributed by atoms with Crippen molar-refractivity contribution in [2.24, 2.45) is 0 Å². The van der Waals surface area contributed by atoms with Gasteiger partial charge in [0.25, 0.3) is 0 Å². The number of fused-ring (bicyclic) bond motifs is 1. The molecule has 0 amide bonds. The molecule has 0 spiro atoms. The average Bonchev–Trinajstić information content (AvgIpc) is 2.74. The van der Waals surface area contributed by atoms with Gasteiger partial charge in [0.15, 0.2) is 0 Å². The molecule has 0 aliphatic heterocycles. The molecule has 0 aliphatic rings. The van der Waals surface area contributed by atoms with Gasteiger partial charge in [0.1, 0.15) is 11.6 Å². The van der Waals surface area contributed by atoms with Crippen molar-refractivity contribution in [1.29, 1.82) is 0 Å². The third-order valence-corrected chi connectivity index (χ3v) is 4.09. The Bertz CT molecular complexity index is 873. The number of benzene rings is 2. The number of hydrogen-bond acceptors (Lipinski definition) is 2. The predicted molar refractivity (Wildman–Crippen MR) is 85.4 cm³/mol. The van der Waals surface area contributed by atoms with Crippen LogP contribution in [0, 0.1) is 16.3 Å². The minimum atomic E-state index is -1.01. The van der Waals surface area contributed by atoms with Gasteiger partial charge in [-0.15, -0.1) is 0 Å². The molecule has 2 aromatic carbocycles. The van der Waals surface area contributed by atoms with Crippen molar-refractivity contribution in [2.75, 3.05) is 0 Å². The van der Waals surface area contributed by atoms with Crippen molar-refractivity contribution in [2.45, 2.75) is 6.92 Å². The molecule has 3 aromatic rings. The number of imidazole rings is 1. The Morgan fingerprint density at radius 3 is 2.76 bits per heavy atom. The van der Waals surface area contributed by atoms with Crippen molar-refractivity contribution in [3.8, 4) is 5.69 Å². The third kappa shape index (κ3) is 2.29. The number of carboxylic acids is 1. The summed E-state index contributed by atoms with van der Waals surface area (Å²) in [5, 5.41) is 9.37. The maximum Gasteiger partial charge on any atom is 0.337 e. The lowest BCUT2D eigenvalue weighted by molar-refractivity contribution is 0.0698. The second-order valence-electron chi connectivity index (χ2n) is 4.57. The van der Waals surface area contributed by atoms with E-state index in [4.69, 9.17) is 0 Å². The zero-order valence-corrected chi connectivity index (χ0v) is 13.1. The monoisotopic (exact) mass is 396 g/mol. The number of carbonyl (C=O) groups is 1. The molecule has 0 radical (unpaired) electrons. The third-order valence-electron chi connectivity index (χ3n) is 3.23. The van der Waals surface area contributed by atoms with E-state index in [1.54, 1.807) is 35.8 Å². The van der Waals surface area contributed by atoms with Crippen molar-refractivity contribution < 1.29 is 14.3 Å². The van der Waals surface area contributed by atoms with E-state index in [0.717, 1.165) is 0 Å². The zero-order chi connectivity index (χ0) is 15.1. The highest BCUT2D eigenvalue weighted by Crippen LogP contribution is 2.27. The molecule has 0 atom stereocenters. The molecule has 6 heteroatoms. The van der Waals surface area contributed by atoms with Crippen LogP contribution in [0.15, 0.2) is 36.4 Å². The molecule has 0 saturated carbocycles. The van der Waals surface area contributed by atoms with Gasteiger partial charge in [0.05, 0.1) is 22.3 Å². The number of aryl methyl sites for hydroxylation is 1. The Morgan fingerprint density at radius 2 is 2.10 bits per heavy atom. The first kappa shape index (κ1) is 14.0. The number of halogens is 2. The Kier molecular flexibility index (Phi) is 3.40. The van der Waals surface area contributed by atoms with E-state index in [-0.39, 0.29) is 11.4 Å². The normalized spacial score (nSPS) is 11.0. The number of aromatic nitrogens is 2. The van der Waals surface area contributed by atoms with Crippen molar-refractivity contribution in [3.63, 3.8) is 0 Å². The summed E-state index contributed by atoms with van der Waals surface area (Å²) in [5.74, 6) is -0.689. The van der Waals surface area contributed by atoms with Gasteiger partial charge < -0.3 is 5.11 Å². The summed E-state index contributed by atoms with van der Waals surface area (Å²) in [6, 6.07) is 9.36. The first-order valence-electron chi connectivity index (χ1n) is 6.16. The van der Waals surface area contributed by atoms with Gasteiger partial charge in [-0.3, -0.25) is 4.57 Å². The second-order valence-corrected chi connectivity index (χ2v) is 5.73. The van der Waals surface area contributed by atoms with E-state index in [9.17, 15) is 14.3 Å². The lowest BCUT2D eigenvalue weighted by Crippen LogP contribution is -2.05. The minimum absolute atomic E-state index is 0.174. The van der Waals surface area contributed by atoms with Crippen LogP contribution in [0.4, 0.5) is 4.39 Å². The molecular weight excluding hydrogens is 386 g/mol. The van der Waals surface area contributed by atoms with E-state index >= 15 is 0 Å². The highest BCUT2D eigenvalue weighted by atomic mass is 127. The van der Waals surface area contributed by atoms with Gasteiger partial charge in [0.2, 0.25) is 0 Å². The quantitative estimate of drug-likeness (QED) is 0.671. The van der Waals surface area contributed by atoms with Crippen LogP contribution in [0.25, 0.3) is 16.7 Å². The summed E-state index contributed by atoms with van der Waals surface area (Å²) < 4.78 is 15.7. The van der Waals surface area contributed by atoms with Crippen molar-refractivity contribution in [3.05, 3.63) is 57.2 Å².